The van der Waals surface area contributed by atoms with Crippen molar-refractivity contribution in [2.45, 2.75) is 302 Å². The number of carbonyl (C=O) groups excluding carboxylic acids is 3. The molecule has 0 bridgehead atoms. The second-order valence-electron chi connectivity index (χ2n) is 19.6. The van der Waals surface area contributed by atoms with Gasteiger partial charge < -0.3 is 39.0 Å². The number of carboxylic acids is 1. The van der Waals surface area contributed by atoms with Crippen molar-refractivity contribution in [2.24, 2.45) is 0 Å². The molecule has 1 aliphatic heterocycles. The third-order valence-corrected chi connectivity index (χ3v) is 13.0. The first kappa shape index (κ1) is 64.2. The van der Waals surface area contributed by atoms with Crippen LogP contribution in [0.2, 0.25) is 0 Å². The van der Waals surface area contributed by atoms with Crippen LogP contribution >= 0.6 is 0 Å². The number of carbonyl (C=O) groups is 4. The van der Waals surface area contributed by atoms with Gasteiger partial charge in [0.2, 0.25) is 0 Å². The van der Waals surface area contributed by atoms with Gasteiger partial charge in [-0.1, -0.05) is 218 Å². The van der Waals surface area contributed by atoms with E-state index in [0.29, 0.717) is 19.3 Å². The molecule has 1 heterocycles. The van der Waals surface area contributed by atoms with E-state index in [1.54, 1.807) is 0 Å². The Balaban J connectivity index is 2.68. The molecule has 0 amide bonds. The van der Waals surface area contributed by atoms with E-state index in [1.807, 2.05) is 0 Å². The molecule has 402 valence electrons. The van der Waals surface area contributed by atoms with Crippen molar-refractivity contribution in [1.29, 1.82) is 0 Å². The van der Waals surface area contributed by atoms with Crippen LogP contribution in [0.3, 0.4) is 0 Å². The summed E-state index contributed by atoms with van der Waals surface area (Å²) in [6.45, 7) is 5.94. The van der Waals surface area contributed by atoms with E-state index < -0.39 is 67.3 Å². The Bertz CT molecular complexity index is 1300. The molecule has 0 aromatic rings. The van der Waals surface area contributed by atoms with Crippen molar-refractivity contribution < 1.29 is 58.2 Å². The summed E-state index contributed by atoms with van der Waals surface area (Å²) in [4.78, 5) is 50.9. The van der Waals surface area contributed by atoms with E-state index in [2.05, 4.69) is 45.1 Å². The van der Waals surface area contributed by atoms with Crippen LogP contribution in [0.5, 0.6) is 0 Å². The fourth-order valence-corrected chi connectivity index (χ4v) is 8.63. The van der Waals surface area contributed by atoms with Crippen LogP contribution in [-0.2, 0) is 42.9 Å². The molecule has 12 nitrogen and oxygen atoms in total. The molecule has 0 aromatic carbocycles. The molecule has 6 atom stereocenters. The number of aliphatic hydroxyl groups excluding tert-OH is 2. The molecule has 0 aliphatic carbocycles. The summed E-state index contributed by atoms with van der Waals surface area (Å²) in [6, 6.07) is 0. The van der Waals surface area contributed by atoms with E-state index in [9.17, 15) is 34.5 Å². The van der Waals surface area contributed by atoms with Gasteiger partial charge in [-0.05, 0) is 51.4 Å². The number of allylic oxidation sites excluding steroid dienone is 4. The molecule has 6 unspecified atom stereocenters. The average Bonchev–Trinajstić information content (AvgIpc) is 3.33. The molecule has 3 N–H and O–H groups in total. The maximum absolute atomic E-state index is 13.1. The standard InChI is InChI=1S/C57H102O12/c1-4-7-10-13-16-19-22-23-24-25-26-27-30-31-34-37-40-43-49(58)65-46-48(67-50(59)44-41-38-35-32-28-20-17-14-11-8-5-2)47-66-57-55(53(62)52(61)54(69-57)56(63)64)68-51(60)45-42-39-36-33-29-21-18-15-12-9-6-3/h16,19,23-24,48,52-55,57,61-62H,4-15,17-18,20-22,25-47H2,1-3H3,(H,63,64)/b19-16-,24-23-. The van der Waals surface area contributed by atoms with E-state index >= 15 is 0 Å². The molecular formula is C57H102O12. The summed E-state index contributed by atoms with van der Waals surface area (Å²) in [5.41, 5.74) is 0. The van der Waals surface area contributed by atoms with Gasteiger partial charge in [-0.15, -0.1) is 0 Å². The van der Waals surface area contributed by atoms with Gasteiger partial charge in [0, 0.05) is 19.3 Å². The van der Waals surface area contributed by atoms with Crippen LogP contribution < -0.4 is 0 Å². The maximum atomic E-state index is 13.1. The fraction of sp³-hybridized carbons (Fsp3) is 0.860. The highest BCUT2D eigenvalue weighted by Crippen LogP contribution is 2.26. The third-order valence-electron chi connectivity index (χ3n) is 13.0. The molecule has 0 saturated carbocycles. The second kappa shape index (κ2) is 46.3. The van der Waals surface area contributed by atoms with Crippen LogP contribution in [0, 0.1) is 0 Å². The first-order chi connectivity index (χ1) is 33.6. The topological polar surface area (TPSA) is 175 Å². The lowest BCUT2D eigenvalue weighted by atomic mass is 9.98. The highest BCUT2D eigenvalue weighted by Gasteiger charge is 2.50. The Morgan fingerprint density at radius 1 is 0.478 bits per heavy atom. The van der Waals surface area contributed by atoms with Crippen LogP contribution in [0.4, 0.5) is 0 Å². The van der Waals surface area contributed by atoms with Crippen molar-refractivity contribution in [1.82, 2.24) is 0 Å². The zero-order chi connectivity index (χ0) is 50.4. The SMILES string of the molecule is CCCCC/C=C\C/C=C\CCCCCCCCCC(=O)OCC(COC1OC(C(=O)O)C(O)C(O)C1OC(=O)CCCCCCCCCCCCC)OC(=O)CCCCCCCCCCCCC. The van der Waals surface area contributed by atoms with E-state index in [1.165, 1.54) is 122 Å². The van der Waals surface area contributed by atoms with Crippen LogP contribution in [0.15, 0.2) is 24.3 Å². The van der Waals surface area contributed by atoms with E-state index in [4.69, 9.17) is 23.7 Å². The number of aliphatic hydroxyl groups is 2. The number of aliphatic carboxylic acids is 1. The van der Waals surface area contributed by atoms with Crippen molar-refractivity contribution >= 4 is 23.9 Å². The predicted octanol–water partition coefficient (Wildman–Crippen LogP) is 13.9. The van der Waals surface area contributed by atoms with Gasteiger partial charge in [-0.3, -0.25) is 14.4 Å². The highest BCUT2D eigenvalue weighted by atomic mass is 16.7. The monoisotopic (exact) mass is 979 g/mol. The summed E-state index contributed by atoms with van der Waals surface area (Å²) in [5, 5.41) is 31.4. The molecule has 69 heavy (non-hydrogen) atoms. The Labute approximate surface area is 419 Å². The number of hydrogen-bond acceptors (Lipinski definition) is 11. The lowest BCUT2D eigenvalue weighted by molar-refractivity contribution is -0.301. The van der Waals surface area contributed by atoms with Crippen LogP contribution in [-0.4, -0.2) is 89.2 Å². The maximum Gasteiger partial charge on any atom is 0.335 e. The summed E-state index contributed by atoms with van der Waals surface area (Å²) in [6.07, 6.45) is 38.7. The van der Waals surface area contributed by atoms with Gasteiger partial charge in [-0.2, -0.15) is 0 Å². The lowest BCUT2D eigenvalue weighted by Crippen LogP contribution is -2.61. The predicted molar refractivity (Wildman–Crippen MR) is 276 cm³/mol. The largest absolute Gasteiger partial charge is 0.479 e. The zero-order valence-corrected chi connectivity index (χ0v) is 44.1. The first-order valence-corrected chi connectivity index (χ1v) is 28.3. The minimum Gasteiger partial charge on any atom is -0.479 e. The van der Waals surface area contributed by atoms with Gasteiger partial charge in [0.1, 0.15) is 18.8 Å². The fourth-order valence-electron chi connectivity index (χ4n) is 8.63. The molecule has 0 radical (unpaired) electrons. The highest BCUT2D eigenvalue weighted by molar-refractivity contribution is 5.74. The smallest absolute Gasteiger partial charge is 0.335 e. The average molecular weight is 979 g/mol. The van der Waals surface area contributed by atoms with Gasteiger partial charge in [0.25, 0.3) is 0 Å². The third kappa shape index (κ3) is 36.7. The molecular weight excluding hydrogens is 877 g/mol. The van der Waals surface area contributed by atoms with E-state index in [-0.39, 0.29) is 25.9 Å². The van der Waals surface area contributed by atoms with Gasteiger partial charge in [0.15, 0.2) is 24.6 Å². The molecule has 1 aliphatic rings. The Morgan fingerprint density at radius 3 is 1.33 bits per heavy atom. The molecule has 12 heteroatoms. The Kier molecular flexibility index (Phi) is 43.1. The zero-order valence-electron chi connectivity index (χ0n) is 44.1. The number of ether oxygens (including phenoxy) is 5. The number of esters is 3. The van der Waals surface area contributed by atoms with Crippen LogP contribution in [0.25, 0.3) is 0 Å². The first-order valence-electron chi connectivity index (χ1n) is 28.3. The van der Waals surface area contributed by atoms with Crippen molar-refractivity contribution in [3.63, 3.8) is 0 Å². The summed E-state index contributed by atoms with van der Waals surface area (Å²) in [7, 11) is 0. The number of unbranched alkanes of at least 4 members (excludes halogenated alkanes) is 30. The number of rotatable bonds is 48. The van der Waals surface area contributed by atoms with E-state index in [0.717, 1.165) is 83.5 Å². The minimum absolute atomic E-state index is 0.0657. The molecule has 1 saturated heterocycles. The number of carboxylic acid groups (broad SMARTS) is 1. The summed E-state index contributed by atoms with van der Waals surface area (Å²) >= 11 is 0. The Hall–Kier alpha value is -2.80. The van der Waals surface area contributed by atoms with Gasteiger partial charge >= 0.3 is 23.9 Å². The molecule has 0 aromatic heterocycles. The second-order valence-corrected chi connectivity index (χ2v) is 19.6. The van der Waals surface area contributed by atoms with Crippen molar-refractivity contribution in [3.8, 4) is 0 Å². The number of hydrogen-bond donors (Lipinski definition) is 3. The summed E-state index contributed by atoms with van der Waals surface area (Å²) in [5.74, 6) is -3.10. The molecule has 1 rings (SSSR count). The van der Waals surface area contributed by atoms with Crippen LogP contribution in [0.1, 0.15) is 265 Å². The van der Waals surface area contributed by atoms with Crippen molar-refractivity contribution in [2.75, 3.05) is 13.2 Å². The van der Waals surface area contributed by atoms with Gasteiger partial charge in [-0.25, -0.2) is 4.79 Å². The molecule has 0 spiro atoms. The normalized spacial score (nSPS) is 18.8. The Morgan fingerprint density at radius 2 is 0.870 bits per heavy atom. The molecule has 1 fully saturated rings. The lowest BCUT2D eigenvalue weighted by Gasteiger charge is -2.40. The summed E-state index contributed by atoms with van der Waals surface area (Å²) < 4.78 is 28.3. The quantitative estimate of drug-likeness (QED) is 0.0228. The van der Waals surface area contributed by atoms with Gasteiger partial charge in [0.05, 0.1) is 6.61 Å². The van der Waals surface area contributed by atoms with Crippen molar-refractivity contribution in [3.05, 3.63) is 24.3 Å². The minimum atomic E-state index is -1.90.